The molecule has 0 saturated heterocycles. The van der Waals surface area contributed by atoms with Crippen molar-refractivity contribution >= 4 is 21.6 Å². The number of fused-ring (bicyclic) bond motifs is 5. The highest BCUT2D eigenvalue weighted by Gasteiger charge is 2.65. The molecule has 1 heterocycles. The van der Waals surface area contributed by atoms with E-state index < -0.39 is 0 Å². The van der Waals surface area contributed by atoms with Gasteiger partial charge in [-0.15, -0.1) is 0 Å². The van der Waals surface area contributed by atoms with Crippen molar-refractivity contribution in [3.05, 3.63) is 21.0 Å². The lowest BCUT2D eigenvalue weighted by Gasteiger charge is -2.13. The van der Waals surface area contributed by atoms with Crippen LogP contribution in [0.4, 0.5) is 5.69 Å². The fourth-order valence-corrected chi connectivity index (χ4v) is 4.91. The number of hydrogen-bond acceptors (Lipinski definition) is 3. The summed E-state index contributed by atoms with van der Waals surface area (Å²) in [4.78, 5) is 12.0. The minimum absolute atomic E-state index is 0.0405. The zero-order valence-corrected chi connectivity index (χ0v) is 12.6. The van der Waals surface area contributed by atoms with E-state index in [4.69, 9.17) is 0 Å². The largest absolute Gasteiger partial charge is 0.379 e. The molecule has 0 spiro atoms. The standard InChI is InChI=1S/C14H18BrN3O/c1-2-18-14(19)12(15)9(6-16-18)17-13-10-7-3-4-8(5-7)11(10)13/h6-8,10-11,13,17H,2-5H2,1H3. The zero-order chi connectivity index (χ0) is 13.1. The molecule has 3 fully saturated rings. The number of anilines is 1. The molecule has 19 heavy (non-hydrogen) atoms. The lowest BCUT2D eigenvalue weighted by atomic mass is 10.0. The first-order valence-electron chi connectivity index (χ1n) is 7.23. The van der Waals surface area contributed by atoms with Crippen molar-refractivity contribution in [3.8, 4) is 0 Å². The van der Waals surface area contributed by atoms with Gasteiger partial charge in [0.05, 0.1) is 11.9 Å². The normalized spacial score (nSPS) is 38.3. The van der Waals surface area contributed by atoms with E-state index >= 15 is 0 Å². The maximum absolute atomic E-state index is 12.0. The molecule has 0 radical (unpaired) electrons. The maximum atomic E-state index is 12.0. The van der Waals surface area contributed by atoms with Crippen LogP contribution >= 0.6 is 15.9 Å². The molecule has 4 rings (SSSR count). The molecule has 1 aromatic rings. The molecule has 4 unspecified atom stereocenters. The topological polar surface area (TPSA) is 46.9 Å². The number of nitrogens with zero attached hydrogens (tertiary/aromatic N) is 2. The Hall–Kier alpha value is -0.840. The lowest BCUT2D eigenvalue weighted by Crippen LogP contribution is -2.24. The molecule has 4 atom stereocenters. The molecule has 1 aromatic heterocycles. The molecule has 3 saturated carbocycles. The Labute approximate surface area is 120 Å². The molecule has 1 N–H and O–H groups in total. The average Bonchev–Trinajstić information content (AvgIpc) is 2.82. The van der Waals surface area contributed by atoms with Crippen LogP contribution in [0, 0.1) is 23.7 Å². The van der Waals surface area contributed by atoms with E-state index in [9.17, 15) is 4.79 Å². The van der Waals surface area contributed by atoms with E-state index in [-0.39, 0.29) is 5.56 Å². The summed E-state index contributed by atoms with van der Waals surface area (Å²) in [6.07, 6.45) is 6.07. The molecule has 2 bridgehead atoms. The van der Waals surface area contributed by atoms with E-state index in [1.54, 1.807) is 6.20 Å². The number of rotatable bonds is 3. The highest BCUT2D eigenvalue weighted by molar-refractivity contribution is 9.10. The first-order valence-corrected chi connectivity index (χ1v) is 8.02. The Morgan fingerprint density at radius 2 is 2.11 bits per heavy atom. The number of aryl methyl sites for hydroxylation is 1. The second-order valence-corrected chi connectivity index (χ2v) is 6.94. The predicted molar refractivity (Wildman–Crippen MR) is 77.1 cm³/mol. The van der Waals surface area contributed by atoms with Gasteiger partial charge in [0.2, 0.25) is 0 Å². The fourth-order valence-electron chi connectivity index (χ4n) is 4.49. The number of aromatic nitrogens is 2. The van der Waals surface area contributed by atoms with Crippen molar-refractivity contribution in [1.29, 1.82) is 0 Å². The van der Waals surface area contributed by atoms with E-state index in [2.05, 4.69) is 26.3 Å². The third-order valence-electron chi connectivity index (χ3n) is 5.34. The first kappa shape index (κ1) is 11.9. The third kappa shape index (κ3) is 1.63. The van der Waals surface area contributed by atoms with Crippen molar-refractivity contribution in [3.63, 3.8) is 0 Å². The number of nitrogens with one attached hydrogen (secondary N) is 1. The molecule has 0 aliphatic heterocycles. The van der Waals surface area contributed by atoms with Crippen LogP contribution in [-0.4, -0.2) is 15.8 Å². The van der Waals surface area contributed by atoms with E-state index in [0.29, 0.717) is 17.1 Å². The second-order valence-electron chi connectivity index (χ2n) is 6.15. The van der Waals surface area contributed by atoms with Gasteiger partial charge in [0.15, 0.2) is 0 Å². The second kappa shape index (κ2) is 4.08. The van der Waals surface area contributed by atoms with Crippen molar-refractivity contribution in [2.24, 2.45) is 23.7 Å². The van der Waals surface area contributed by atoms with E-state index in [1.165, 1.54) is 23.9 Å². The van der Waals surface area contributed by atoms with Gasteiger partial charge in [-0.2, -0.15) is 5.10 Å². The van der Waals surface area contributed by atoms with Gasteiger partial charge >= 0.3 is 0 Å². The quantitative estimate of drug-likeness (QED) is 0.929. The Morgan fingerprint density at radius 1 is 1.42 bits per heavy atom. The molecular weight excluding hydrogens is 306 g/mol. The van der Waals surface area contributed by atoms with Gasteiger partial charge in [-0.3, -0.25) is 4.79 Å². The predicted octanol–water partition coefficient (Wildman–Crippen LogP) is 2.48. The first-order chi connectivity index (χ1) is 9.20. The van der Waals surface area contributed by atoms with Gasteiger partial charge in [-0.05, 0) is 65.8 Å². The summed E-state index contributed by atoms with van der Waals surface area (Å²) in [7, 11) is 0. The van der Waals surface area contributed by atoms with Crippen LogP contribution in [-0.2, 0) is 6.54 Å². The molecule has 4 nitrogen and oxygen atoms in total. The Bertz CT molecular complexity index is 569. The summed E-state index contributed by atoms with van der Waals surface area (Å²) in [5, 5.41) is 7.75. The molecule has 0 amide bonds. The van der Waals surface area contributed by atoms with Crippen LogP contribution in [0.15, 0.2) is 15.5 Å². The average molecular weight is 324 g/mol. The zero-order valence-electron chi connectivity index (χ0n) is 11.0. The highest BCUT2D eigenvalue weighted by Crippen LogP contribution is 2.66. The maximum Gasteiger partial charge on any atom is 0.283 e. The van der Waals surface area contributed by atoms with Gasteiger partial charge in [-0.25, -0.2) is 4.68 Å². The SMILES string of the molecule is CCn1ncc(NC2C3C4CCC(C4)C23)c(Br)c1=O. The van der Waals surface area contributed by atoms with Gasteiger partial charge < -0.3 is 5.32 Å². The Morgan fingerprint density at radius 3 is 2.74 bits per heavy atom. The van der Waals surface area contributed by atoms with Crippen LogP contribution in [0.2, 0.25) is 0 Å². The summed E-state index contributed by atoms with van der Waals surface area (Å²) in [5.74, 6) is 3.60. The number of halogens is 1. The van der Waals surface area contributed by atoms with Gasteiger partial charge in [-0.1, -0.05) is 0 Å². The Kier molecular flexibility index (Phi) is 2.56. The lowest BCUT2D eigenvalue weighted by molar-refractivity contribution is 0.456. The van der Waals surface area contributed by atoms with Crippen LogP contribution in [0.1, 0.15) is 26.2 Å². The van der Waals surface area contributed by atoms with E-state index in [0.717, 1.165) is 29.4 Å². The third-order valence-corrected chi connectivity index (χ3v) is 6.11. The monoisotopic (exact) mass is 323 g/mol. The smallest absolute Gasteiger partial charge is 0.283 e. The Balaban J connectivity index is 1.56. The van der Waals surface area contributed by atoms with Gasteiger partial charge in [0.25, 0.3) is 5.56 Å². The summed E-state index contributed by atoms with van der Waals surface area (Å²) in [6.45, 7) is 2.54. The molecular formula is C14H18BrN3O. The molecule has 0 aromatic carbocycles. The van der Waals surface area contributed by atoms with Crippen LogP contribution in [0.5, 0.6) is 0 Å². The van der Waals surface area contributed by atoms with Gasteiger partial charge in [0.1, 0.15) is 4.47 Å². The van der Waals surface area contributed by atoms with Crippen molar-refractivity contribution < 1.29 is 0 Å². The van der Waals surface area contributed by atoms with Gasteiger partial charge in [0, 0.05) is 12.6 Å². The van der Waals surface area contributed by atoms with Crippen LogP contribution < -0.4 is 10.9 Å². The fraction of sp³-hybridized carbons (Fsp3) is 0.714. The summed E-state index contributed by atoms with van der Waals surface area (Å²) in [6, 6.07) is 0.584. The van der Waals surface area contributed by atoms with Crippen LogP contribution in [0.25, 0.3) is 0 Å². The van der Waals surface area contributed by atoms with Crippen molar-refractivity contribution in [1.82, 2.24) is 9.78 Å². The number of hydrogen-bond donors (Lipinski definition) is 1. The molecule has 102 valence electrons. The molecule has 5 heteroatoms. The minimum Gasteiger partial charge on any atom is -0.379 e. The summed E-state index contributed by atoms with van der Waals surface area (Å²) < 4.78 is 2.11. The molecule has 3 aliphatic carbocycles. The minimum atomic E-state index is -0.0405. The van der Waals surface area contributed by atoms with Crippen molar-refractivity contribution in [2.75, 3.05) is 5.32 Å². The summed E-state index contributed by atoms with van der Waals surface area (Å²) >= 11 is 3.42. The molecule has 3 aliphatic rings. The van der Waals surface area contributed by atoms with Crippen LogP contribution in [0.3, 0.4) is 0 Å². The van der Waals surface area contributed by atoms with E-state index in [1.807, 2.05) is 6.92 Å². The summed E-state index contributed by atoms with van der Waals surface area (Å²) in [5.41, 5.74) is 0.829. The van der Waals surface area contributed by atoms with Crippen molar-refractivity contribution in [2.45, 2.75) is 38.8 Å². The highest BCUT2D eigenvalue weighted by atomic mass is 79.9.